The third kappa shape index (κ3) is 3.13. The minimum atomic E-state index is -0.536. The summed E-state index contributed by atoms with van der Waals surface area (Å²) in [6.07, 6.45) is 0. The molecule has 0 aliphatic carbocycles. The van der Waals surface area contributed by atoms with E-state index in [-0.39, 0.29) is 36.1 Å². The number of fused-ring (bicyclic) bond motifs is 1. The number of hydrogen-bond acceptors (Lipinski definition) is 2. The van der Waals surface area contributed by atoms with Gasteiger partial charge in [-0.15, -0.1) is 24.8 Å². The number of carbonyl (C=O) groups is 1. The standard InChI is InChI=1S/C9H7NO2.2ClH.H2O/c10-9(11)8-5-6-3-1-2-4-7(6)12-8;;;/h1-5H,(H2,10,11);2*1H;1H2. The molecule has 0 bridgehead atoms. The number of primary amides is 1. The van der Waals surface area contributed by atoms with Crippen molar-refractivity contribution in [2.75, 3.05) is 0 Å². The van der Waals surface area contributed by atoms with Crippen molar-refractivity contribution in [3.05, 3.63) is 36.1 Å². The summed E-state index contributed by atoms with van der Waals surface area (Å²) >= 11 is 0. The molecule has 4 nitrogen and oxygen atoms in total. The molecule has 15 heavy (non-hydrogen) atoms. The Hall–Kier alpha value is -1.23. The summed E-state index contributed by atoms with van der Waals surface area (Å²) in [4.78, 5) is 10.7. The number of furan rings is 1. The summed E-state index contributed by atoms with van der Waals surface area (Å²) in [7, 11) is 0. The molecule has 0 saturated heterocycles. The number of rotatable bonds is 1. The van der Waals surface area contributed by atoms with Gasteiger partial charge < -0.3 is 15.6 Å². The van der Waals surface area contributed by atoms with Crippen LogP contribution in [0.5, 0.6) is 0 Å². The maximum Gasteiger partial charge on any atom is 0.284 e. The van der Waals surface area contributed by atoms with Crippen molar-refractivity contribution >= 4 is 41.7 Å². The van der Waals surface area contributed by atoms with Crippen molar-refractivity contribution in [2.24, 2.45) is 5.73 Å². The van der Waals surface area contributed by atoms with Crippen LogP contribution in [0.25, 0.3) is 11.0 Å². The molecule has 1 aromatic carbocycles. The van der Waals surface area contributed by atoms with Gasteiger partial charge in [-0.1, -0.05) is 18.2 Å². The third-order valence-corrected chi connectivity index (χ3v) is 1.67. The van der Waals surface area contributed by atoms with E-state index in [1.165, 1.54) is 0 Å². The van der Waals surface area contributed by atoms with Crippen LogP contribution < -0.4 is 5.73 Å². The third-order valence-electron chi connectivity index (χ3n) is 1.67. The highest BCUT2D eigenvalue weighted by molar-refractivity contribution is 5.94. The molecule has 0 aliphatic rings. The molecule has 6 heteroatoms. The van der Waals surface area contributed by atoms with Crippen molar-refractivity contribution in [3.63, 3.8) is 0 Å². The summed E-state index contributed by atoms with van der Waals surface area (Å²) in [6, 6.07) is 9.02. The average Bonchev–Trinajstić information content (AvgIpc) is 2.46. The summed E-state index contributed by atoms with van der Waals surface area (Å²) < 4.78 is 5.15. The van der Waals surface area contributed by atoms with Crippen LogP contribution in [0.15, 0.2) is 34.7 Å². The first-order valence-electron chi connectivity index (χ1n) is 3.56. The van der Waals surface area contributed by atoms with Crippen LogP contribution in [-0.2, 0) is 0 Å². The Balaban J connectivity index is 0. The van der Waals surface area contributed by atoms with Crippen LogP contribution in [0.1, 0.15) is 10.6 Å². The molecule has 2 aromatic rings. The molecule has 0 spiro atoms. The smallest absolute Gasteiger partial charge is 0.284 e. The van der Waals surface area contributed by atoms with Crippen LogP contribution in [0.3, 0.4) is 0 Å². The van der Waals surface area contributed by atoms with Crippen LogP contribution >= 0.6 is 24.8 Å². The predicted octanol–water partition coefficient (Wildman–Crippen LogP) is 1.55. The van der Waals surface area contributed by atoms with E-state index in [9.17, 15) is 4.79 Å². The van der Waals surface area contributed by atoms with E-state index in [1.807, 2.05) is 18.2 Å². The van der Waals surface area contributed by atoms with Gasteiger partial charge in [-0.05, 0) is 12.1 Å². The molecule has 4 N–H and O–H groups in total. The quantitative estimate of drug-likeness (QED) is 0.834. The fourth-order valence-electron chi connectivity index (χ4n) is 1.10. The van der Waals surface area contributed by atoms with Crippen molar-refractivity contribution in [3.8, 4) is 0 Å². The zero-order valence-electron chi connectivity index (χ0n) is 7.60. The second kappa shape index (κ2) is 6.29. The minimum Gasteiger partial charge on any atom is -0.451 e. The number of halogens is 2. The van der Waals surface area contributed by atoms with E-state index in [4.69, 9.17) is 10.2 Å². The second-order valence-electron chi connectivity index (χ2n) is 2.51. The first kappa shape index (κ1) is 16.2. The normalized spacial score (nSPS) is 8.27. The van der Waals surface area contributed by atoms with Crippen molar-refractivity contribution in [1.29, 1.82) is 0 Å². The molecular weight excluding hydrogens is 241 g/mol. The topological polar surface area (TPSA) is 87.7 Å². The van der Waals surface area contributed by atoms with Gasteiger partial charge in [-0.2, -0.15) is 0 Å². The summed E-state index contributed by atoms with van der Waals surface area (Å²) in [5.74, 6) is -0.331. The molecule has 84 valence electrons. The molecule has 0 unspecified atom stereocenters. The zero-order valence-corrected chi connectivity index (χ0v) is 9.23. The molecule has 0 aliphatic heterocycles. The Morgan fingerprint density at radius 2 is 1.80 bits per heavy atom. The van der Waals surface area contributed by atoms with Crippen LogP contribution in [0.4, 0.5) is 0 Å². The lowest BCUT2D eigenvalue weighted by Gasteiger charge is -1.83. The average molecular weight is 252 g/mol. The van der Waals surface area contributed by atoms with Gasteiger partial charge in [0.2, 0.25) is 0 Å². The molecule has 1 aromatic heterocycles. The van der Waals surface area contributed by atoms with Gasteiger partial charge in [0, 0.05) is 5.39 Å². The van der Waals surface area contributed by atoms with Crippen molar-refractivity contribution in [1.82, 2.24) is 0 Å². The van der Waals surface area contributed by atoms with Crippen molar-refractivity contribution < 1.29 is 14.7 Å². The number of para-hydroxylation sites is 1. The highest BCUT2D eigenvalue weighted by Crippen LogP contribution is 2.17. The monoisotopic (exact) mass is 251 g/mol. The van der Waals surface area contributed by atoms with E-state index in [0.717, 1.165) is 5.39 Å². The fraction of sp³-hybridized carbons (Fsp3) is 0. The highest BCUT2D eigenvalue weighted by Gasteiger charge is 2.06. The summed E-state index contributed by atoms with van der Waals surface area (Å²) in [6.45, 7) is 0. The number of hydrogen-bond donors (Lipinski definition) is 1. The van der Waals surface area contributed by atoms with Crippen molar-refractivity contribution in [2.45, 2.75) is 0 Å². The number of carbonyl (C=O) groups excluding carboxylic acids is 1. The first-order valence-corrected chi connectivity index (χ1v) is 3.56. The predicted molar refractivity (Wildman–Crippen MR) is 62.8 cm³/mol. The molecule has 0 radical (unpaired) electrons. The SMILES string of the molecule is Cl.Cl.NC(=O)c1cc2ccccc2o1.O. The molecule has 0 saturated carbocycles. The number of benzene rings is 1. The zero-order chi connectivity index (χ0) is 8.55. The summed E-state index contributed by atoms with van der Waals surface area (Å²) in [5, 5.41) is 0.895. The maximum atomic E-state index is 10.7. The van der Waals surface area contributed by atoms with Gasteiger partial charge in [0.1, 0.15) is 5.58 Å². The summed E-state index contributed by atoms with van der Waals surface area (Å²) in [5.41, 5.74) is 5.73. The van der Waals surface area contributed by atoms with E-state index in [0.29, 0.717) is 5.58 Å². The van der Waals surface area contributed by atoms with Gasteiger partial charge in [0.05, 0.1) is 0 Å². The Morgan fingerprint density at radius 3 is 2.33 bits per heavy atom. The van der Waals surface area contributed by atoms with E-state index < -0.39 is 5.91 Å². The fourth-order valence-corrected chi connectivity index (χ4v) is 1.10. The van der Waals surface area contributed by atoms with E-state index in [2.05, 4.69) is 0 Å². The highest BCUT2D eigenvalue weighted by atomic mass is 35.5. The van der Waals surface area contributed by atoms with Crippen LogP contribution in [-0.4, -0.2) is 11.4 Å². The Labute approximate surface area is 98.6 Å². The molecule has 2 rings (SSSR count). The molecule has 1 heterocycles. The van der Waals surface area contributed by atoms with E-state index >= 15 is 0 Å². The maximum absolute atomic E-state index is 10.7. The first-order chi connectivity index (χ1) is 5.77. The van der Waals surface area contributed by atoms with Crippen LogP contribution in [0, 0.1) is 0 Å². The number of amides is 1. The minimum absolute atomic E-state index is 0. The Morgan fingerprint density at radius 1 is 1.20 bits per heavy atom. The largest absolute Gasteiger partial charge is 0.451 e. The second-order valence-corrected chi connectivity index (χ2v) is 2.51. The molecule has 0 atom stereocenters. The molecular formula is C9H11Cl2NO3. The van der Waals surface area contributed by atoms with Crippen LogP contribution in [0.2, 0.25) is 0 Å². The van der Waals surface area contributed by atoms with Gasteiger partial charge in [-0.25, -0.2) is 0 Å². The van der Waals surface area contributed by atoms with E-state index in [1.54, 1.807) is 12.1 Å². The molecule has 1 amide bonds. The lowest BCUT2D eigenvalue weighted by molar-refractivity contribution is 0.0976. The lowest BCUT2D eigenvalue weighted by atomic mass is 10.2. The Kier molecular flexibility index (Phi) is 6.80. The lowest BCUT2D eigenvalue weighted by Crippen LogP contribution is -2.08. The van der Waals surface area contributed by atoms with Gasteiger partial charge in [-0.3, -0.25) is 4.79 Å². The molecule has 0 fully saturated rings. The van der Waals surface area contributed by atoms with Gasteiger partial charge in [0.25, 0.3) is 5.91 Å². The Bertz CT molecular complexity index is 409. The number of nitrogens with two attached hydrogens (primary N) is 1. The van der Waals surface area contributed by atoms with Gasteiger partial charge in [0.15, 0.2) is 5.76 Å². The van der Waals surface area contributed by atoms with Gasteiger partial charge >= 0.3 is 0 Å².